The summed E-state index contributed by atoms with van der Waals surface area (Å²) in [5.74, 6) is -0.833. The number of carbonyl (C=O) groups is 1. The van der Waals surface area contributed by atoms with Gasteiger partial charge in [-0.05, 0) is 0 Å². The van der Waals surface area contributed by atoms with E-state index >= 15 is 0 Å². The third-order valence-corrected chi connectivity index (χ3v) is 0. The van der Waals surface area contributed by atoms with Gasteiger partial charge in [0.2, 0.25) is 0 Å². The fourth-order valence-electron chi connectivity index (χ4n) is 0. The molecule has 0 unspecified atom stereocenters. The van der Waals surface area contributed by atoms with Crippen LogP contribution in [0.15, 0.2) is 5.34 Å². The molecule has 0 saturated heterocycles. The molecule has 10 heteroatoms. The van der Waals surface area contributed by atoms with Crippen molar-refractivity contribution in [3.05, 3.63) is 4.91 Å². The minimum Gasteiger partial charge on any atom is -1.00 e. The molecule has 0 aliphatic heterocycles. The van der Waals surface area contributed by atoms with Gasteiger partial charge in [-0.25, -0.2) is 0 Å². The van der Waals surface area contributed by atoms with Crippen molar-refractivity contribution in [1.82, 2.24) is 12.3 Å². The molecule has 0 rings (SSSR count). The van der Waals surface area contributed by atoms with Crippen molar-refractivity contribution >= 4 is 5.97 Å². The molecule has 0 atom stereocenters. The van der Waals surface area contributed by atoms with Crippen LogP contribution in [-0.4, -0.2) is 16.3 Å². The van der Waals surface area contributed by atoms with Crippen molar-refractivity contribution < 1.29 is 61.0 Å². The van der Waals surface area contributed by atoms with Gasteiger partial charge in [-0.3, -0.25) is 4.79 Å². The first-order chi connectivity index (χ1) is 3.15. The number of rotatable bonds is 0. The monoisotopic (exact) mass is 406 g/mol. The Bertz CT molecular complexity index is 73.3. The zero-order valence-corrected chi connectivity index (χ0v) is 9.93. The van der Waals surface area contributed by atoms with Crippen LogP contribution >= 0.6 is 0 Å². The van der Waals surface area contributed by atoms with Gasteiger partial charge in [0.25, 0.3) is 5.97 Å². The summed E-state index contributed by atoms with van der Waals surface area (Å²) < 4.78 is 0. The van der Waals surface area contributed by atoms with E-state index in [1.165, 1.54) is 5.34 Å². The van der Waals surface area contributed by atoms with E-state index in [0.29, 0.717) is 0 Å². The van der Waals surface area contributed by atoms with Gasteiger partial charge in [-0.1, -0.05) is 0 Å². The molecule has 0 spiro atoms. The molecule has 0 aliphatic rings. The number of aliphatic carboxylic acids is 1. The van der Waals surface area contributed by atoms with E-state index in [1.54, 1.807) is 0 Å². The van der Waals surface area contributed by atoms with Gasteiger partial charge >= 0.3 is 21.1 Å². The Kier molecular flexibility index (Phi) is 326. The Labute approximate surface area is 96.5 Å². The number of carboxylic acids is 1. The number of hydrogen-bond acceptors (Lipinski definition) is 5. The van der Waals surface area contributed by atoms with E-state index in [-0.39, 0.29) is 58.2 Å². The van der Waals surface area contributed by atoms with Crippen LogP contribution in [0.5, 0.6) is 0 Å². The second-order valence-corrected chi connectivity index (χ2v) is 0.601. The molecule has 80 valence electrons. The van der Waals surface area contributed by atoms with Crippen LogP contribution in [0, 0.1) is 4.91 Å². The van der Waals surface area contributed by atoms with Crippen LogP contribution in [0.4, 0.5) is 0 Å². The van der Waals surface area contributed by atoms with Gasteiger partial charge in [-0.2, -0.15) is 0 Å². The standard InChI is InChI=1S/C2H4O2.2ClH.HNO2.2H3N.Pt/c1-2(3)4;;;2-1-3;;;/h1H3,(H,3,4);2*1H;(H,2,3);2*1H3;/q;;;;;;+4/p-2. The first-order valence-electron chi connectivity index (χ1n) is 1.31. The number of hydrogen-bond donors (Lipinski definition) is 4. The van der Waals surface area contributed by atoms with Crippen LogP contribution in [0.2, 0.25) is 0 Å². The van der Waals surface area contributed by atoms with Crippen molar-refractivity contribution in [2.75, 3.05) is 0 Å². The van der Waals surface area contributed by atoms with E-state index in [9.17, 15) is 0 Å². The molecule has 0 aliphatic carbocycles. The van der Waals surface area contributed by atoms with Crippen molar-refractivity contribution in [2.45, 2.75) is 6.92 Å². The zero-order valence-electron chi connectivity index (χ0n) is 6.14. The third kappa shape index (κ3) is 243000. The van der Waals surface area contributed by atoms with E-state index in [0.717, 1.165) is 6.92 Å². The molecule has 0 aromatic heterocycles. The van der Waals surface area contributed by atoms with Crippen LogP contribution < -0.4 is 37.1 Å². The molecular formula is C2H11Cl2N3O4Pt+2. The molecule has 0 fully saturated rings. The van der Waals surface area contributed by atoms with Crippen molar-refractivity contribution in [3.63, 3.8) is 0 Å². The zero-order chi connectivity index (χ0) is 6.28. The van der Waals surface area contributed by atoms with Crippen LogP contribution in [-0.2, 0) is 25.9 Å². The average Bonchev–Trinajstić information content (AvgIpc) is 1.33. The number of carboxylic acid groups (broad SMARTS) is 1. The first-order valence-corrected chi connectivity index (χ1v) is 1.31. The molecule has 0 heterocycles. The summed E-state index contributed by atoms with van der Waals surface area (Å²) >= 11 is 0. The fraction of sp³-hybridized carbons (Fsp3) is 0.500. The van der Waals surface area contributed by atoms with Crippen LogP contribution in [0.25, 0.3) is 0 Å². The number of halogens is 2. The van der Waals surface area contributed by atoms with Gasteiger partial charge in [0.05, 0.1) is 0 Å². The summed E-state index contributed by atoms with van der Waals surface area (Å²) in [4.78, 5) is 17.1. The van der Waals surface area contributed by atoms with Gasteiger partial charge in [0.15, 0.2) is 5.34 Å². The SMILES string of the molecule is CC(=O)O.N.N.O=NO.[Cl-].[Cl-].[Pt+4]. The van der Waals surface area contributed by atoms with Gasteiger partial charge in [-0.15, -0.1) is 4.91 Å². The van der Waals surface area contributed by atoms with Gasteiger partial charge in [0.1, 0.15) is 0 Å². The maximum Gasteiger partial charge on any atom is 4.00 e. The Hall–Kier alpha value is 0.0583. The molecule has 7 nitrogen and oxygen atoms in total. The van der Waals surface area contributed by atoms with Crippen molar-refractivity contribution in [2.24, 2.45) is 5.34 Å². The summed E-state index contributed by atoms with van der Waals surface area (Å²) in [6.45, 7) is 1.08. The second kappa shape index (κ2) is 67.9. The van der Waals surface area contributed by atoms with Crippen molar-refractivity contribution in [3.8, 4) is 0 Å². The van der Waals surface area contributed by atoms with Gasteiger partial charge in [0, 0.05) is 6.92 Å². The Morgan fingerprint density at radius 3 is 1.25 bits per heavy atom. The van der Waals surface area contributed by atoms with Crippen molar-refractivity contribution in [1.29, 1.82) is 0 Å². The van der Waals surface area contributed by atoms with E-state index < -0.39 is 5.97 Å². The first kappa shape index (κ1) is 57.6. The normalized spacial score (nSPS) is 3.08. The largest absolute Gasteiger partial charge is 4.00 e. The van der Waals surface area contributed by atoms with Crippen LogP contribution in [0.3, 0.4) is 0 Å². The Morgan fingerprint density at radius 1 is 1.25 bits per heavy atom. The van der Waals surface area contributed by atoms with Crippen LogP contribution in [0.1, 0.15) is 6.92 Å². The maximum atomic E-state index is 9.00. The maximum absolute atomic E-state index is 9.00. The molecule has 0 aromatic rings. The Morgan fingerprint density at radius 2 is 1.25 bits per heavy atom. The second-order valence-electron chi connectivity index (χ2n) is 0.601. The van der Waals surface area contributed by atoms with E-state index in [2.05, 4.69) is 0 Å². The minimum absolute atomic E-state index is 0. The summed E-state index contributed by atoms with van der Waals surface area (Å²) in [5, 5.41) is 15.3. The molecule has 0 amide bonds. The summed E-state index contributed by atoms with van der Waals surface area (Å²) in [5.41, 5.74) is 0. The molecule has 0 aromatic carbocycles. The topological polar surface area (TPSA) is 157 Å². The summed E-state index contributed by atoms with van der Waals surface area (Å²) in [6.07, 6.45) is 0. The molecular weight excluding hydrogens is 396 g/mol. The third-order valence-electron chi connectivity index (χ3n) is 0. The number of nitrogens with zero attached hydrogens (tertiary/aromatic N) is 1. The molecule has 8 N–H and O–H groups in total. The average molecular weight is 407 g/mol. The molecule has 0 radical (unpaired) electrons. The predicted molar refractivity (Wildman–Crippen MR) is 30.9 cm³/mol. The van der Waals surface area contributed by atoms with E-state index in [4.69, 9.17) is 20.0 Å². The summed E-state index contributed by atoms with van der Waals surface area (Å²) in [7, 11) is 0. The smallest absolute Gasteiger partial charge is 1.00 e. The Balaban J connectivity index is -0.00000000597. The summed E-state index contributed by atoms with van der Waals surface area (Å²) in [6, 6.07) is 0. The molecule has 12 heavy (non-hydrogen) atoms. The predicted octanol–water partition coefficient (Wildman–Crippen LogP) is -5.44. The van der Waals surface area contributed by atoms with Gasteiger partial charge < -0.3 is 47.4 Å². The minimum atomic E-state index is -0.833. The molecule has 0 bridgehead atoms. The molecule has 0 saturated carbocycles. The van der Waals surface area contributed by atoms with E-state index in [1.807, 2.05) is 0 Å². The fourth-order valence-corrected chi connectivity index (χ4v) is 0. The quantitative estimate of drug-likeness (QED) is 0.232.